The molecule has 1 fully saturated rings. The maximum Gasteiger partial charge on any atom is 0.134 e. The van der Waals surface area contributed by atoms with E-state index < -0.39 is 0 Å². The Labute approximate surface area is 115 Å². The van der Waals surface area contributed by atoms with Gasteiger partial charge >= 0.3 is 0 Å². The fourth-order valence-corrected chi connectivity index (χ4v) is 2.54. The summed E-state index contributed by atoms with van der Waals surface area (Å²) >= 11 is 0. The minimum absolute atomic E-state index is 0.340. The molecule has 1 aromatic heterocycles. The summed E-state index contributed by atoms with van der Waals surface area (Å²) in [4.78, 5) is 8.67. The minimum Gasteiger partial charge on any atom is -0.378 e. The Balaban J connectivity index is 2.06. The van der Waals surface area contributed by atoms with Crippen LogP contribution in [0, 0.1) is 5.92 Å². The van der Waals surface area contributed by atoms with Crippen molar-refractivity contribution in [2.45, 2.75) is 39.2 Å². The van der Waals surface area contributed by atoms with E-state index >= 15 is 0 Å². The summed E-state index contributed by atoms with van der Waals surface area (Å²) in [6.07, 6.45) is 5.14. The van der Waals surface area contributed by atoms with Gasteiger partial charge in [-0.3, -0.25) is 0 Å². The van der Waals surface area contributed by atoms with Gasteiger partial charge in [0.25, 0.3) is 0 Å². The Hall–Kier alpha value is -1.36. The molecule has 0 aliphatic carbocycles. The van der Waals surface area contributed by atoms with Crippen molar-refractivity contribution >= 4 is 11.6 Å². The Bertz CT molecular complexity index is 410. The van der Waals surface area contributed by atoms with Gasteiger partial charge in [0.15, 0.2) is 0 Å². The number of rotatable bonds is 6. The molecule has 0 radical (unpaired) electrons. The molecule has 2 heterocycles. The standard InChI is InChI=1S/C14H24N4O/c1-4-5-12-13(15-3)17-9-18-14(12)16-8-11-6-7-19-10(11)2/h9-11H,4-8H2,1-3H3,(H2,15,16,17,18). The monoisotopic (exact) mass is 264 g/mol. The van der Waals surface area contributed by atoms with Crippen molar-refractivity contribution in [1.29, 1.82) is 0 Å². The number of ether oxygens (including phenoxy) is 1. The van der Waals surface area contributed by atoms with Gasteiger partial charge in [-0.15, -0.1) is 0 Å². The highest BCUT2D eigenvalue weighted by Gasteiger charge is 2.24. The average molecular weight is 264 g/mol. The van der Waals surface area contributed by atoms with Crippen LogP contribution in [0.15, 0.2) is 6.33 Å². The molecule has 5 nitrogen and oxygen atoms in total. The molecule has 0 amide bonds. The molecule has 2 rings (SSSR count). The van der Waals surface area contributed by atoms with Crippen molar-refractivity contribution in [3.8, 4) is 0 Å². The van der Waals surface area contributed by atoms with E-state index in [1.54, 1.807) is 6.33 Å². The van der Waals surface area contributed by atoms with Crippen LogP contribution in [-0.2, 0) is 11.2 Å². The molecular weight excluding hydrogens is 240 g/mol. The second-order valence-electron chi connectivity index (χ2n) is 5.06. The molecule has 19 heavy (non-hydrogen) atoms. The molecule has 0 saturated carbocycles. The molecule has 0 aromatic carbocycles. The normalized spacial score (nSPS) is 22.5. The molecular formula is C14H24N4O. The SMILES string of the molecule is CCCc1c(NC)ncnc1NCC1CCOC1C. The van der Waals surface area contributed by atoms with E-state index in [-0.39, 0.29) is 0 Å². The Morgan fingerprint density at radius 3 is 2.79 bits per heavy atom. The van der Waals surface area contributed by atoms with Gasteiger partial charge in [-0.1, -0.05) is 13.3 Å². The minimum atomic E-state index is 0.340. The van der Waals surface area contributed by atoms with Crippen LogP contribution in [0.1, 0.15) is 32.3 Å². The zero-order valence-corrected chi connectivity index (χ0v) is 12.1. The number of anilines is 2. The van der Waals surface area contributed by atoms with E-state index in [4.69, 9.17) is 4.74 Å². The van der Waals surface area contributed by atoms with Gasteiger partial charge in [-0.2, -0.15) is 0 Å². The molecule has 1 aliphatic heterocycles. The fraction of sp³-hybridized carbons (Fsp3) is 0.714. The first-order chi connectivity index (χ1) is 9.26. The van der Waals surface area contributed by atoms with E-state index in [0.717, 1.165) is 44.0 Å². The van der Waals surface area contributed by atoms with Crippen LogP contribution in [0.5, 0.6) is 0 Å². The summed E-state index contributed by atoms with van der Waals surface area (Å²) in [7, 11) is 1.90. The first-order valence-corrected chi connectivity index (χ1v) is 7.13. The van der Waals surface area contributed by atoms with Gasteiger partial charge in [-0.05, 0) is 19.8 Å². The summed E-state index contributed by atoms with van der Waals surface area (Å²) in [5, 5.41) is 6.62. The molecule has 2 atom stereocenters. The molecule has 0 bridgehead atoms. The molecule has 2 unspecified atom stereocenters. The van der Waals surface area contributed by atoms with Gasteiger partial charge in [-0.25, -0.2) is 9.97 Å². The van der Waals surface area contributed by atoms with Gasteiger partial charge < -0.3 is 15.4 Å². The van der Waals surface area contributed by atoms with E-state index in [1.165, 1.54) is 5.56 Å². The lowest BCUT2D eigenvalue weighted by Crippen LogP contribution is -2.22. The van der Waals surface area contributed by atoms with Crippen LogP contribution >= 0.6 is 0 Å². The van der Waals surface area contributed by atoms with Crippen molar-refractivity contribution in [1.82, 2.24) is 9.97 Å². The van der Waals surface area contributed by atoms with E-state index in [0.29, 0.717) is 12.0 Å². The summed E-state index contributed by atoms with van der Waals surface area (Å²) in [5.74, 6) is 2.46. The van der Waals surface area contributed by atoms with Crippen molar-refractivity contribution in [2.24, 2.45) is 5.92 Å². The third-order valence-corrected chi connectivity index (χ3v) is 3.75. The lowest BCUT2D eigenvalue weighted by Gasteiger charge is -2.18. The first-order valence-electron chi connectivity index (χ1n) is 7.13. The second-order valence-corrected chi connectivity index (χ2v) is 5.06. The van der Waals surface area contributed by atoms with Crippen LogP contribution in [0.4, 0.5) is 11.6 Å². The zero-order chi connectivity index (χ0) is 13.7. The van der Waals surface area contributed by atoms with Crippen LogP contribution < -0.4 is 10.6 Å². The maximum atomic E-state index is 5.59. The zero-order valence-electron chi connectivity index (χ0n) is 12.1. The topological polar surface area (TPSA) is 59.1 Å². The Morgan fingerprint density at radius 2 is 2.16 bits per heavy atom. The summed E-state index contributed by atoms with van der Waals surface area (Å²) in [6.45, 7) is 6.10. The molecule has 106 valence electrons. The summed E-state index contributed by atoms with van der Waals surface area (Å²) < 4.78 is 5.59. The van der Waals surface area contributed by atoms with Crippen LogP contribution in [0.2, 0.25) is 0 Å². The number of nitrogens with one attached hydrogen (secondary N) is 2. The summed E-state index contributed by atoms with van der Waals surface area (Å²) in [5.41, 5.74) is 1.18. The predicted octanol–water partition coefficient (Wildman–Crippen LogP) is 2.31. The summed E-state index contributed by atoms with van der Waals surface area (Å²) in [6, 6.07) is 0. The molecule has 1 aromatic rings. The Morgan fingerprint density at radius 1 is 1.37 bits per heavy atom. The number of hydrogen-bond donors (Lipinski definition) is 2. The highest BCUT2D eigenvalue weighted by molar-refractivity contribution is 5.57. The second kappa shape index (κ2) is 6.70. The lowest BCUT2D eigenvalue weighted by atomic mass is 10.0. The molecule has 1 saturated heterocycles. The van der Waals surface area contributed by atoms with Crippen molar-refractivity contribution in [3.63, 3.8) is 0 Å². The highest BCUT2D eigenvalue weighted by atomic mass is 16.5. The van der Waals surface area contributed by atoms with Crippen LogP contribution in [-0.4, -0.2) is 36.3 Å². The van der Waals surface area contributed by atoms with Crippen LogP contribution in [0.25, 0.3) is 0 Å². The first kappa shape index (κ1) is 14.1. The largest absolute Gasteiger partial charge is 0.378 e. The van der Waals surface area contributed by atoms with Gasteiger partial charge in [0.2, 0.25) is 0 Å². The third kappa shape index (κ3) is 3.35. The number of hydrogen-bond acceptors (Lipinski definition) is 5. The van der Waals surface area contributed by atoms with Crippen molar-refractivity contribution < 1.29 is 4.74 Å². The lowest BCUT2D eigenvalue weighted by molar-refractivity contribution is 0.108. The maximum absolute atomic E-state index is 5.59. The van der Waals surface area contributed by atoms with Gasteiger partial charge in [0, 0.05) is 31.7 Å². The van der Waals surface area contributed by atoms with Gasteiger partial charge in [0.1, 0.15) is 18.0 Å². The fourth-order valence-electron chi connectivity index (χ4n) is 2.54. The van der Waals surface area contributed by atoms with Gasteiger partial charge in [0.05, 0.1) is 6.10 Å². The quantitative estimate of drug-likeness (QED) is 0.825. The van der Waals surface area contributed by atoms with Crippen molar-refractivity contribution in [3.05, 3.63) is 11.9 Å². The molecule has 5 heteroatoms. The van der Waals surface area contributed by atoms with E-state index in [2.05, 4.69) is 34.4 Å². The predicted molar refractivity (Wildman–Crippen MR) is 77.6 cm³/mol. The van der Waals surface area contributed by atoms with Crippen LogP contribution in [0.3, 0.4) is 0 Å². The third-order valence-electron chi connectivity index (χ3n) is 3.75. The van der Waals surface area contributed by atoms with E-state index in [1.807, 2.05) is 7.05 Å². The molecule has 1 aliphatic rings. The smallest absolute Gasteiger partial charge is 0.134 e. The van der Waals surface area contributed by atoms with E-state index in [9.17, 15) is 0 Å². The molecule has 0 spiro atoms. The number of aromatic nitrogens is 2. The number of nitrogens with zero attached hydrogens (tertiary/aromatic N) is 2. The average Bonchev–Trinajstić information content (AvgIpc) is 2.83. The Kier molecular flexibility index (Phi) is 4.96. The highest BCUT2D eigenvalue weighted by Crippen LogP contribution is 2.24. The van der Waals surface area contributed by atoms with Crippen molar-refractivity contribution in [2.75, 3.05) is 30.8 Å². The molecule has 2 N–H and O–H groups in total.